The predicted molar refractivity (Wildman–Crippen MR) is 204 cm³/mol. The van der Waals surface area contributed by atoms with Gasteiger partial charge in [-0.15, -0.1) is 0 Å². The fourth-order valence-corrected chi connectivity index (χ4v) is 10.0. The summed E-state index contributed by atoms with van der Waals surface area (Å²) in [6.07, 6.45) is 15.9. The molecule has 9 atom stereocenters. The van der Waals surface area contributed by atoms with E-state index in [0.29, 0.717) is 41.5 Å². The predicted octanol–water partition coefficient (Wildman–Crippen LogP) is 8.25. The smallest absolute Gasteiger partial charge is 0.0690 e. The third-order valence-corrected chi connectivity index (χ3v) is 12.6. The van der Waals surface area contributed by atoms with Gasteiger partial charge in [-0.3, -0.25) is 30.6 Å². The maximum absolute atomic E-state index is 4.98. The van der Waals surface area contributed by atoms with Gasteiger partial charge < -0.3 is 0 Å². The molecule has 8 unspecified atom stereocenters. The maximum Gasteiger partial charge on any atom is 0.0690 e. The van der Waals surface area contributed by atoms with Crippen molar-refractivity contribution >= 4 is 18.0 Å². The fourth-order valence-electron chi connectivity index (χ4n) is 9.02. The largest absolute Gasteiger partial charge is 0.298 e. The van der Waals surface area contributed by atoms with E-state index in [2.05, 4.69) is 136 Å². The number of aromatic nitrogens is 1. The van der Waals surface area contributed by atoms with Crippen LogP contribution in [0.15, 0.2) is 54.7 Å². The first kappa shape index (κ1) is 36.1. The zero-order valence-corrected chi connectivity index (χ0v) is 31.9. The van der Waals surface area contributed by atoms with E-state index in [4.69, 9.17) is 4.98 Å². The van der Waals surface area contributed by atoms with Crippen molar-refractivity contribution in [3.8, 4) is 0 Å². The van der Waals surface area contributed by atoms with E-state index in [-0.39, 0.29) is 22.4 Å². The molecule has 4 saturated heterocycles. The standard InChI is InChI=1S/C41H64N6S/c1-39(2,3)32-21-22-42-34(24-32)33-20-18-29-25-41(7,8)47(27-29)38-31(26-43-48-36-16-12-15-35(44-33)45-36)23-30(37(46-38)40(4,5)6)19-17-28-13-10-9-11-14-28/h9-11,13-14,17,19,21-22,24,29-31,33,35-38,43-46H,12,15-16,18,20,23,25-27H2,1-8H3/b19-17+/t29-,30?,31?,33?,35?,36?,37?,38?/m0/s1. The van der Waals surface area contributed by atoms with Crippen LogP contribution in [-0.4, -0.2) is 52.3 Å². The molecule has 0 radical (unpaired) electrons. The molecule has 4 aliphatic rings. The SMILES string of the molecule is CC(C)(C)c1ccnc(C2CC[C@@H]3CN(C4NC(C(C)(C)C)C(/C=C/c5ccccc5)CC4CNSC4CCCC(N4)N2)C(C)(C)C3)c1. The van der Waals surface area contributed by atoms with E-state index in [9.17, 15) is 0 Å². The summed E-state index contributed by atoms with van der Waals surface area (Å²) in [6, 6.07) is 16.0. The molecule has 2 aromatic rings. The van der Waals surface area contributed by atoms with E-state index in [0.717, 1.165) is 25.9 Å². The van der Waals surface area contributed by atoms with Crippen molar-refractivity contribution in [2.75, 3.05) is 13.1 Å². The first-order valence-electron chi connectivity index (χ1n) is 18.9. The second-order valence-electron chi connectivity index (χ2n) is 18.0. The Hall–Kier alpha value is -1.74. The second-order valence-corrected chi connectivity index (χ2v) is 19.1. The molecule has 4 fully saturated rings. The molecule has 0 amide bonds. The molecule has 264 valence electrons. The lowest BCUT2D eigenvalue weighted by molar-refractivity contribution is -0.00902. The van der Waals surface area contributed by atoms with Crippen LogP contribution in [0.25, 0.3) is 6.08 Å². The van der Waals surface area contributed by atoms with Crippen molar-refractivity contribution in [2.24, 2.45) is 23.2 Å². The summed E-state index contributed by atoms with van der Waals surface area (Å²) in [5.41, 5.74) is 4.25. The van der Waals surface area contributed by atoms with Crippen LogP contribution in [-0.2, 0) is 5.41 Å². The minimum absolute atomic E-state index is 0.106. The molecule has 48 heavy (non-hydrogen) atoms. The molecular formula is C41H64N6S. The van der Waals surface area contributed by atoms with Crippen LogP contribution in [0.5, 0.6) is 0 Å². The van der Waals surface area contributed by atoms with Crippen LogP contribution in [0.3, 0.4) is 0 Å². The van der Waals surface area contributed by atoms with Gasteiger partial charge in [0.05, 0.1) is 29.4 Å². The quantitative estimate of drug-likeness (QED) is 0.245. The highest BCUT2D eigenvalue weighted by atomic mass is 32.2. The summed E-state index contributed by atoms with van der Waals surface area (Å²) in [5, 5.41) is 12.8. The molecular weight excluding hydrogens is 609 g/mol. The van der Waals surface area contributed by atoms with Crippen LogP contribution in [0.4, 0.5) is 0 Å². The average Bonchev–Trinajstić information content (AvgIpc) is 3.34. The summed E-state index contributed by atoms with van der Waals surface area (Å²) >= 11 is 1.92. The Morgan fingerprint density at radius 2 is 1.73 bits per heavy atom. The lowest BCUT2D eigenvalue weighted by Crippen LogP contribution is -2.66. The van der Waals surface area contributed by atoms with Crippen LogP contribution in [0.1, 0.15) is 123 Å². The Morgan fingerprint density at radius 3 is 2.48 bits per heavy atom. The Kier molecular flexibility index (Phi) is 11.2. The first-order chi connectivity index (χ1) is 22.8. The number of pyridine rings is 1. The normalized spacial score (nSPS) is 35.0. The molecule has 7 heteroatoms. The number of benzene rings is 1. The van der Waals surface area contributed by atoms with Crippen LogP contribution in [0, 0.1) is 23.2 Å². The van der Waals surface area contributed by atoms with Crippen LogP contribution < -0.4 is 20.7 Å². The summed E-state index contributed by atoms with van der Waals surface area (Å²) in [5.74, 6) is 1.65. The summed E-state index contributed by atoms with van der Waals surface area (Å²) in [4.78, 5) is 7.86. The Balaban J connectivity index is 1.28. The lowest BCUT2D eigenvalue weighted by atomic mass is 9.71. The van der Waals surface area contributed by atoms with Crippen molar-refractivity contribution in [3.63, 3.8) is 0 Å². The van der Waals surface area contributed by atoms with Gasteiger partial charge >= 0.3 is 0 Å². The van der Waals surface area contributed by atoms with Gasteiger partial charge in [0, 0.05) is 36.8 Å². The molecule has 4 aliphatic heterocycles. The van der Waals surface area contributed by atoms with Crippen molar-refractivity contribution in [1.29, 1.82) is 0 Å². The molecule has 1 aromatic heterocycles. The number of hydrogen-bond acceptors (Lipinski definition) is 7. The van der Waals surface area contributed by atoms with Crippen molar-refractivity contribution in [1.82, 2.24) is 30.6 Å². The molecule has 6 rings (SSSR count). The van der Waals surface area contributed by atoms with Gasteiger partial charge in [-0.1, -0.05) is 96.0 Å². The number of piperidine rings is 2. The van der Waals surface area contributed by atoms with E-state index in [1.807, 2.05) is 18.1 Å². The van der Waals surface area contributed by atoms with Gasteiger partial charge in [0.1, 0.15) is 0 Å². The van der Waals surface area contributed by atoms with Crippen LogP contribution >= 0.6 is 11.9 Å². The summed E-state index contributed by atoms with van der Waals surface area (Å²) in [6.45, 7) is 21.4. The average molecular weight is 673 g/mol. The van der Waals surface area contributed by atoms with Gasteiger partial charge in [-0.2, -0.15) is 0 Å². The van der Waals surface area contributed by atoms with E-state index >= 15 is 0 Å². The summed E-state index contributed by atoms with van der Waals surface area (Å²) in [7, 11) is 0. The van der Waals surface area contributed by atoms with E-state index in [1.165, 1.54) is 48.9 Å². The molecule has 0 aliphatic carbocycles. The number of nitrogens with zero attached hydrogens (tertiary/aromatic N) is 2. The number of rotatable bonds is 3. The van der Waals surface area contributed by atoms with Crippen molar-refractivity contribution < 1.29 is 0 Å². The highest BCUT2D eigenvalue weighted by molar-refractivity contribution is 7.98. The first-order valence-corrected chi connectivity index (χ1v) is 19.8. The minimum atomic E-state index is 0.106. The highest BCUT2D eigenvalue weighted by Crippen LogP contribution is 2.44. The third kappa shape index (κ3) is 8.76. The topological polar surface area (TPSA) is 64.2 Å². The van der Waals surface area contributed by atoms with E-state index < -0.39 is 0 Å². The zero-order chi connectivity index (χ0) is 34.1. The molecule has 6 nitrogen and oxygen atoms in total. The van der Waals surface area contributed by atoms with Gasteiger partial charge in [0.2, 0.25) is 0 Å². The Morgan fingerprint density at radius 1 is 0.938 bits per heavy atom. The number of fused-ring (bicyclic) bond motifs is 6. The van der Waals surface area contributed by atoms with Gasteiger partial charge in [-0.05, 0) is 105 Å². The molecule has 4 bridgehead atoms. The highest BCUT2D eigenvalue weighted by Gasteiger charge is 2.49. The number of hydrogen-bond donors (Lipinski definition) is 4. The Bertz CT molecular complexity index is 1360. The molecule has 5 heterocycles. The third-order valence-electron chi connectivity index (χ3n) is 11.6. The molecule has 4 N–H and O–H groups in total. The van der Waals surface area contributed by atoms with Gasteiger partial charge in [0.25, 0.3) is 0 Å². The van der Waals surface area contributed by atoms with Crippen molar-refractivity contribution in [3.05, 3.63) is 71.6 Å². The van der Waals surface area contributed by atoms with Gasteiger partial charge in [-0.25, -0.2) is 0 Å². The summed E-state index contributed by atoms with van der Waals surface area (Å²) < 4.78 is 3.93. The molecule has 0 spiro atoms. The maximum atomic E-state index is 4.98. The fraction of sp³-hybridized carbons (Fsp3) is 0.683. The monoisotopic (exact) mass is 672 g/mol. The van der Waals surface area contributed by atoms with Crippen LogP contribution in [0.2, 0.25) is 0 Å². The zero-order valence-electron chi connectivity index (χ0n) is 31.1. The molecule has 0 saturated carbocycles. The second kappa shape index (κ2) is 14.9. The van der Waals surface area contributed by atoms with E-state index in [1.54, 1.807) is 0 Å². The Labute approximate surface area is 296 Å². The number of nitrogens with one attached hydrogen (secondary N) is 4. The minimum Gasteiger partial charge on any atom is -0.298 e. The van der Waals surface area contributed by atoms with Crippen molar-refractivity contribution in [2.45, 2.75) is 141 Å². The lowest BCUT2D eigenvalue weighted by Gasteiger charge is -2.52. The molecule has 1 aromatic carbocycles. The van der Waals surface area contributed by atoms with Gasteiger partial charge in [0.15, 0.2) is 0 Å².